The van der Waals surface area contributed by atoms with Gasteiger partial charge in [-0.2, -0.15) is 0 Å². The normalized spacial score (nSPS) is 15.8. The topological polar surface area (TPSA) is 58.6 Å². The van der Waals surface area contributed by atoms with E-state index in [1.165, 1.54) is 5.56 Å². The molecule has 1 atom stereocenters. The van der Waals surface area contributed by atoms with Crippen molar-refractivity contribution in [3.05, 3.63) is 64.7 Å². The highest BCUT2D eigenvalue weighted by molar-refractivity contribution is 5.85. The Hall–Kier alpha value is -2.33. The minimum atomic E-state index is -0.134. The Bertz CT molecular complexity index is 709. The lowest BCUT2D eigenvalue weighted by atomic mass is 9.99. The van der Waals surface area contributed by atoms with Gasteiger partial charge in [-0.1, -0.05) is 36.4 Å². The van der Waals surface area contributed by atoms with Crippen molar-refractivity contribution in [1.82, 2.24) is 5.32 Å². The summed E-state index contributed by atoms with van der Waals surface area (Å²) >= 11 is 0. The van der Waals surface area contributed by atoms with Crippen LogP contribution >= 0.6 is 0 Å². The molecule has 24 heavy (non-hydrogen) atoms. The van der Waals surface area contributed by atoms with Crippen molar-refractivity contribution in [2.24, 2.45) is 0 Å². The maximum atomic E-state index is 12.6. The molecule has 1 unspecified atom stereocenters. The molecule has 0 saturated heterocycles. The maximum Gasteiger partial charge on any atom is 0.227 e. The summed E-state index contributed by atoms with van der Waals surface area (Å²) in [5, 5.41) is 12.0. The van der Waals surface area contributed by atoms with Crippen molar-refractivity contribution in [2.45, 2.75) is 31.7 Å². The second kappa shape index (κ2) is 7.49. The van der Waals surface area contributed by atoms with Crippen LogP contribution in [0.3, 0.4) is 0 Å². The van der Waals surface area contributed by atoms with Crippen LogP contribution in [0, 0.1) is 0 Å². The van der Waals surface area contributed by atoms with Crippen molar-refractivity contribution >= 4 is 5.91 Å². The molecular weight excluding hydrogens is 302 g/mol. The van der Waals surface area contributed by atoms with E-state index >= 15 is 0 Å². The molecule has 4 heteroatoms. The first-order valence-electron chi connectivity index (χ1n) is 8.35. The standard InChI is InChI=1S/C20H23NO3/c1-24-18-4-2-3-16-9-10-17(19(16)18)20(23)21-13-15-7-5-14(6-8-15)11-12-22/h2-8,17,22H,9-13H2,1H3,(H,21,23). The monoisotopic (exact) mass is 325 g/mol. The molecule has 1 aliphatic rings. The number of benzene rings is 2. The quantitative estimate of drug-likeness (QED) is 0.858. The second-order valence-corrected chi connectivity index (χ2v) is 6.13. The van der Waals surface area contributed by atoms with Gasteiger partial charge in [-0.15, -0.1) is 0 Å². The molecule has 0 saturated carbocycles. The van der Waals surface area contributed by atoms with Crippen LogP contribution in [0.1, 0.15) is 34.6 Å². The first-order valence-corrected chi connectivity index (χ1v) is 8.35. The van der Waals surface area contributed by atoms with Crippen LogP contribution in [-0.2, 0) is 24.2 Å². The molecule has 126 valence electrons. The van der Waals surface area contributed by atoms with Gasteiger partial charge in [0.05, 0.1) is 13.0 Å². The highest BCUT2D eigenvalue weighted by Crippen LogP contribution is 2.39. The number of methoxy groups -OCH3 is 1. The number of amides is 1. The van der Waals surface area contributed by atoms with E-state index in [4.69, 9.17) is 9.84 Å². The zero-order valence-corrected chi connectivity index (χ0v) is 13.9. The summed E-state index contributed by atoms with van der Waals surface area (Å²) in [7, 11) is 1.65. The van der Waals surface area contributed by atoms with Crippen molar-refractivity contribution in [2.75, 3.05) is 13.7 Å². The zero-order valence-electron chi connectivity index (χ0n) is 13.9. The number of aryl methyl sites for hydroxylation is 1. The van der Waals surface area contributed by atoms with Gasteiger partial charge >= 0.3 is 0 Å². The van der Waals surface area contributed by atoms with Gasteiger partial charge in [0, 0.05) is 18.7 Å². The van der Waals surface area contributed by atoms with E-state index in [0.29, 0.717) is 13.0 Å². The second-order valence-electron chi connectivity index (χ2n) is 6.13. The molecule has 4 nitrogen and oxygen atoms in total. The van der Waals surface area contributed by atoms with Crippen LogP contribution < -0.4 is 10.1 Å². The third-order valence-electron chi connectivity index (χ3n) is 4.63. The zero-order chi connectivity index (χ0) is 16.9. The first-order chi connectivity index (χ1) is 11.7. The van der Waals surface area contributed by atoms with Crippen LogP contribution in [0.2, 0.25) is 0 Å². The van der Waals surface area contributed by atoms with E-state index < -0.39 is 0 Å². The molecule has 0 aliphatic heterocycles. The summed E-state index contributed by atoms with van der Waals surface area (Å²) in [6.45, 7) is 0.665. The van der Waals surface area contributed by atoms with Crippen LogP contribution in [0.5, 0.6) is 5.75 Å². The van der Waals surface area contributed by atoms with Crippen LogP contribution in [-0.4, -0.2) is 24.7 Å². The van der Waals surface area contributed by atoms with Crippen molar-refractivity contribution < 1.29 is 14.6 Å². The lowest BCUT2D eigenvalue weighted by Crippen LogP contribution is -2.28. The number of aliphatic hydroxyl groups excluding tert-OH is 1. The lowest BCUT2D eigenvalue weighted by Gasteiger charge is -2.15. The number of hydrogen-bond donors (Lipinski definition) is 2. The fourth-order valence-corrected chi connectivity index (χ4v) is 3.35. The minimum absolute atomic E-state index is 0.0534. The van der Waals surface area contributed by atoms with E-state index in [1.54, 1.807) is 7.11 Å². The molecule has 0 fully saturated rings. The van der Waals surface area contributed by atoms with Gasteiger partial charge in [-0.05, 0) is 42.0 Å². The van der Waals surface area contributed by atoms with Crippen LogP contribution in [0.25, 0.3) is 0 Å². The Morgan fingerprint density at radius 2 is 1.96 bits per heavy atom. The average Bonchev–Trinajstić information content (AvgIpc) is 3.05. The molecule has 0 radical (unpaired) electrons. The summed E-state index contributed by atoms with van der Waals surface area (Å²) < 4.78 is 5.44. The molecule has 2 aromatic carbocycles. The van der Waals surface area contributed by atoms with Crippen LogP contribution in [0.4, 0.5) is 0 Å². The minimum Gasteiger partial charge on any atom is -0.496 e. The maximum absolute atomic E-state index is 12.6. The fraction of sp³-hybridized carbons (Fsp3) is 0.350. The Kier molecular flexibility index (Phi) is 5.16. The van der Waals surface area contributed by atoms with E-state index in [9.17, 15) is 4.79 Å². The third-order valence-corrected chi connectivity index (χ3v) is 4.63. The van der Waals surface area contributed by atoms with Crippen molar-refractivity contribution in [3.63, 3.8) is 0 Å². The number of aliphatic hydroxyl groups is 1. The summed E-state index contributed by atoms with van der Waals surface area (Å²) in [5.74, 6) is 0.723. The van der Waals surface area contributed by atoms with E-state index in [2.05, 4.69) is 11.4 Å². The van der Waals surface area contributed by atoms with Gasteiger partial charge < -0.3 is 15.2 Å². The van der Waals surface area contributed by atoms with Gasteiger partial charge in [0.2, 0.25) is 5.91 Å². The SMILES string of the molecule is COc1cccc2c1C(C(=O)NCc1ccc(CCO)cc1)CC2. The molecule has 0 heterocycles. The van der Waals surface area contributed by atoms with Gasteiger partial charge in [0.1, 0.15) is 5.75 Å². The smallest absolute Gasteiger partial charge is 0.227 e. The average molecular weight is 325 g/mol. The largest absolute Gasteiger partial charge is 0.496 e. The summed E-state index contributed by atoms with van der Waals surface area (Å²) in [6, 6.07) is 13.9. The highest BCUT2D eigenvalue weighted by atomic mass is 16.5. The summed E-state index contributed by atoms with van der Waals surface area (Å²) in [5.41, 5.74) is 4.41. The predicted molar refractivity (Wildman–Crippen MR) is 93.1 cm³/mol. The number of hydrogen-bond acceptors (Lipinski definition) is 3. The molecule has 0 spiro atoms. The van der Waals surface area contributed by atoms with Crippen molar-refractivity contribution in [1.29, 1.82) is 0 Å². The molecule has 0 aromatic heterocycles. The molecule has 1 amide bonds. The number of rotatable bonds is 6. The molecule has 2 aromatic rings. The lowest BCUT2D eigenvalue weighted by molar-refractivity contribution is -0.122. The Labute approximate surface area is 142 Å². The van der Waals surface area contributed by atoms with Gasteiger partial charge in [-0.3, -0.25) is 4.79 Å². The fourth-order valence-electron chi connectivity index (χ4n) is 3.35. The Morgan fingerprint density at radius 1 is 1.21 bits per heavy atom. The molecular formula is C20H23NO3. The van der Waals surface area contributed by atoms with Gasteiger partial charge in [0.15, 0.2) is 0 Å². The first kappa shape index (κ1) is 16.5. The molecule has 1 aliphatic carbocycles. The Balaban J connectivity index is 1.65. The number of ether oxygens (including phenoxy) is 1. The third kappa shape index (κ3) is 3.44. The molecule has 3 rings (SSSR count). The van der Waals surface area contributed by atoms with Crippen molar-refractivity contribution in [3.8, 4) is 5.75 Å². The predicted octanol–water partition coefficient (Wildman–Crippen LogP) is 2.58. The summed E-state index contributed by atoms with van der Waals surface area (Å²) in [6.07, 6.45) is 2.41. The Morgan fingerprint density at radius 3 is 2.67 bits per heavy atom. The number of carbonyl (C=O) groups excluding carboxylic acids is 1. The van der Waals surface area contributed by atoms with Gasteiger partial charge in [0.25, 0.3) is 0 Å². The van der Waals surface area contributed by atoms with E-state index in [-0.39, 0.29) is 18.4 Å². The van der Waals surface area contributed by atoms with E-state index in [1.807, 2.05) is 36.4 Å². The molecule has 0 bridgehead atoms. The number of fused-ring (bicyclic) bond motifs is 1. The highest BCUT2D eigenvalue weighted by Gasteiger charge is 2.31. The number of carbonyl (C=O) groups is 1. The molecule has 2 N–H and O–H groups in total. The summed E-state index contributed by atoms with van der Waals surface area (Å²) in [4.78, 5) is 12.6. The van der Waals surface area contributed by atoms with E-state index in [0.717, 1.165) is 35.3 Å². The van der Waals surface area contributed by atoms with Gasteiger partial charge in [-0.25, -0.2) is 0 Å². The van der Waals surface area contributed by atoms with Crippen LogP contribution in [0.15, 0.2) is 42.5 Å². The number of nitrogens with one attached hydrogen (secondary N) is 1.